The maximum atomic E-state index is 6.07. The van der Waals surface area contributed by atoms with Crippen LogP contribution in [0.3, 0.4) is 0 Å². The second-order valence-corrected chi connectivity index (χ2v) is 3.78. The van der Waals surface area contributed by atoms with Gasteiger partial charge < -0.3 is 0 Å². The highest BCUT2D eigenvalue weighted by atomic mass is 35.5. The lowest BCUT2D eigenvalue weighted by atomic mass is 10.3. The number of nitrogens with zero attached hydrogens (tertiary/aromatic N) is 3. The Labute approximate surface area is 80.3 Å². The third kappa shape index (κ3) is 1.04. The summed E-state index contributed by atoms with van der Waals surface area (Å²) in [5.74, 6) is 0. The Balaban J connectivity index is 2.34. The summed E-state index contributed by atoms with van der Waals surface area (Å²) in [4.78, 5) is 0. The minimum Gasteiger partial charge on any atom is -0.240 e. The van der Waals surface area contributed by atoms with Gasteiger partial charge in [-0.25, -0.2) is 4.68 Å². The molecule has 1 saturated carbocycles. The summed E-state index contributed by atoms with van der Waals surface area (Å²) in [6.45, 7) is 0. The fraction of sp³-hybridized carbons (Fsp3) is 0.333. The molecule has 1 aromatic heterocycles. The number of hydrogen-bond acceptors (Lipinski definition) is 2. The van der Waals surface area contributed by atoms with Crippen LogP contribution in [0, 0.1) is 0 Å². The highest BCUT2D eigenvalue weighted by molar-refractivity contribution is 6.34. The summed E-state index contributed by atoms with van der Waals surface area (Å²) in [7, 11) is 0. The summed E-state index contributed by atoms with van der Waals surface area (Å²) < 4.78 is 1.94. The van der Waals surface area contributed by atoms with Gasteiger partial charge >= 0.3 is 0 Å². The third-order valence-corrected chi connectivity index (χ3v) is 2.64. The first kappa shape index (κ1) is 7.33. The van der Waals surface area contributed by atoms with Gasteiger partial charge in [0.15, 0.2) is 0 Å². The van der Waals surface area contributed by atoms with Crippen LogP contribution in [0.5, 0.6) is 0 Å². The monoisotopic (exact) mass is 193 g/mol. The van der Waals surface area contributed by atoms with Gasteiger partial charge in [-0.05, 0) is 25.0 Å². The van der Waals surface area contributed by atoms with Gasteiger partial charge in [0.1, 0.15) is 11.0 Å². The number of benzene rings is 1. The van der Waals surface area contributed by atoms with Crippen molar-refractivity contribution in [1.82, 2.24) is 15.0 Å². The standard InChI is InChI=1S/C9H8ClN3/c10-7-2-1-3-8-9(7)13(12-11-8)6-4-5-6/h1-3,6H,4-5H2. The average Bonchev–Trinajstić information content (AvgIpc) is 2.87. The van der Waals surface area contributed by atoms with Crippen LogP contribution >= 0.6 is 11.6 Å². The molecule has 0 spiro atoms. The molecule has 0 amide bonds. The zero-order chi connectivity index (χ0) is 8.84. The van der Waals surface area contributed by atoms with E-state index >= 15 is 0 Å². The van der Waals surface area contributed by atoms with E-state index in [1.165, 1.54) is 12.8 Å². The Bertz CT molecular complexity index is 459. The predicted octanol–water partition coefficient (Wildman–Crippen LogP) is 2.42. The van der Waals surface area contributed by atoms with Crippen molar-refractivity contribution in [3.63, 3.8) is 0 Å². The minimum atomic E-state index is 0.532. The Morgan fingerprint density at radius 1 is 1.38 bits per heavy atom. The van der Waals surface area contributed by atoms with E-state index in [0.29, 0.717) is 6.04 Å². The van der Waals surface area contributed by atoms with Crippen LogP contribution in [0.4, 0.5) is 0 Å². The molecular weight excluding hydrogens is 186 g/mol. The number of aromatic nitrogens is 3. The highest BCUT2D eigenvalue weighted by Gasteiger charge is 2.27. The molecule has 1 aliphatic rings. The van der Waals surface area contributed by atoms with Crippen molar-refractivity contribution in [2.45, 2.75) is 18.9 Å². The van der Waals surface area contributed by atoms with Crippen LogP contribution in [-0.4, -0.2) is 15.0 Å². The molecule has 13 heavy (non-hydrogen) atoms. The molecular formula is C9H8ClN3. The van der Waals surface area contributed by atoms with Crippen molar-refractivity contribution in [2.24, 2.45) is 0 Å². The van der Waals surface area contributed by atoms with Crippen molar-refractivity contribution in [1.29, 1.82) is 0 Å². The summed E-state index contributed by atoms with van der Waals surface area (Å²) in [5, 5.41) is 8.91. The van der Waals surface area contributed by atoms with E-state index in [1.54, 1.807) is 0 Å². The molecule has 0 radical (unpaired) electrons. The molecule has 0 bridgehead atoms. The van der Waals surface area contributed by atoms with Gasteiger partial charge in [0.25, 0.3) is 0 Å². The van der Waals surface area contributed by atoms with Gasteiger partial charge in [-0.15, -0.1) is 5.10 Å². The number of hydrogen-bond donors (Lipinski definition) is 0. The van der Waals surface area contributed by atoms with E-state index in [9.17, 15) is 0 Å². The fourth-order valence-electron chi connectivity index (χ4n) is 1.53. The largest absolute Gasteiger partial charge is 0.240 e. The Morgan fingerprint density at radius 2 is 2.23 bits per heavy atom. The van der Waals surface area contributed by atoms with Crippen LogP contribution in [-0.2, 0) is 0 Å². The summed E-state index contributed by atoms with van der Waals surface area (Å²) >= 11 is 6.07. The maximum absolute atomic E-state index is 6.07. The summed E-state index contributed by atoms with van der Waals surface area (Å²) in [6.07, 6.45) is 2.40. The minimum absolute atomic E-state index is 0.532. The van der Waals surface area contributed by atoms with E-state index < -0.39 is 0 Å². The van der Waals surface area contributed by atoms with Crippen LogP contribution in [0.15, 0.2) is 18.2 Å². The van der Waals surface area contributed by atoms with Crippen LogP contribution < -0.4 is 0 Å². The molecule has 4 heteroatoms. The van der Waals surface area contributed by atoms with Crippen molar-refractivity contribution < 1.29 is 0 Å². The first-order chi connectivity index (χ1) is 6.36. The molecule has 3 rings (SSSR count). The van der Waals surface area contributed by atoms with E-state index in [0.717, 1.165) is 16.1 Å². The zero-order valence-electron chi connectivity index (χ0n) is 6.94. The molecule has 0 atom stereocenters. The first-order valence-corrected chi connectivity index (χ1v) is 4.73. The highest BCUT2D eigenvalue weighted by Crippen LogP contribution is 2.37. The number of fused-ring (bicyclic) bond motifs is 1. The molecule has 3 nitrogen and oxygen atoms in total. The Kier molecular flexibility index (Phi) is 1.38. The number of para-hydroxylation sites is 1. The molecule has 1 fully saturated rings. The fourth-order valence-corrected chi connectivity index (χ4v) is 1.78. The topological polar surface area (TPSA) is 30.7 Å². The summed E-state index contributed by atoms with van der Waals surface area (Å²) in [5.41, 5.74) is 1.87. The Morgan fingerprint density at radius 3 is 3.00 bits per heavy atom. The molecule has 66 valence electrons. The van der Waals surface area contributed by atoms with Crippen molar-refractivity contribution in [2.75, 3.05) is 0 Å². The van der Waals surface area contributed by atoms with Crippen molar-refractivity contribution >= 4 is 22.6 Å². The molecule has 1 heterocycles. The molecule has 0 N–H and O–H groups in total. The van der Waals surface area contributed by atoms with Crippen LogP contribution in [0.25, 0.3) is 11.0 Å². The van der Waals surface area contributed by atoms with Crippen molar-refractivity contribution in [3.8, 4) is 0 Å². The van der Waals surface area contributed by atoms with E-state index in [1.807, 2.05) is 22.9 Å². The van der Waals surface area contributed by atoms with Gasteiger partial charge in [0, 0.05) is 0 Å². The second-order valence-electron chi connectivity index (χ2n) is 3.37. The lowest BCUT2D eigenvalue weighted by Crippen LogP contribution is -1.95. The lowest BCUT2D eigenvalue weighted by molar-refractivity contribution is 0.630. The summed E-state index contributed by atoms with van der Waals surface area (Å²) in [6, 6.07) is 6.25. The average molecular weight is 194 g/mol. The molecule has 2 aromatic rings. The molecule has 0 aliphatic heterocycles. The number of rotatable bonds is 1. The normalized spacial score (nSPS) is 16.7. The first-order valence-electron chi connectivity index (χ1n) is 4.35. The van der Waals surface area contributed by atoms with Crippen molar-refractivity contribution in [3.05, 3.63) is 23.2 Å². The molecule has 0 unspecified atom stereocenters. The smallest absolute Gasteiger partial charge is 0.114 e. The maximum Gasteiger partial charge on any atom is 0.114 e. The van der Waals surface area contributed by atoms with Gasteiger partial charge in [-0.1, -0.05) is 22.9 Å². The molecule has 1 aliphatic carbocycles. The SMILES string of the molecule is Clc1cccc2nnn(C3CC3)c12. The van der Waals surface area contributed by atoms with Crippen LogP contribution in [0.2, 0.25) is 5.02 Å². The molecule has 1 aromatic carbocycles. The number of halogens is 1. The van der Waals surface area contributed by atoms with E-state index in [-0.39, 0.29) is 0 Å². The van der Waals surface area contributed by atoms with E-state index in [4.69, 9.17) is 11.6 Å². The zero-order valence-corrected chi connectivity index (χ0v) is 7.70. The van der Waals surface area contributed by atoms with Crippen LogP contribution in [0.1, 0.15) is 18.9 Å². The van der Waals surface area contributed by atoms with Gasteiger partial charge in [-0.2, -0.15) is 0 Å². The van der Waals surface area contributed by atoms with Gasteiger partial charge in [-0.3, -0.25) is 0 Å². The quantitative estimate of drug-likeness (QED) is 0.697. The van der Waals surface area contributed by atoms with Gasteiger partial charge in [0.2, 0.25) is 0 Å². The van der Waals surface area contributed by atoms with Gasteiger partial charge in [0.05, 0.1) is 11.1 Å². The lowest BCUT2D eigenvalue weighted by Gasteiger charge is -1.98. The second kappa shape index (κ2) is 2.45. The third-order valence-electron chi connectivity index (χ3n) is 2.34. The molecule has 0 saturated heterocycles. The predicted molar refractivity (Wildman–Crippen MR) is 50.8 cm³/mol. The Hall–Kier alpha value is -1.09. The van der Waals surface area contributed by atoms with E-state index in [2.05, 4.69) is 10.3 Å².